The summed E-state index contributed by atoms with van der Waals surface area (Å²) in [6.07, 6.45) is 3.59. The van der Waals surface area contributed by atoms with E-state index >= 15 is 0 Å². The van der Waals surface area contributed by atoms with Gasteiger partial charge in [-0.05, 0) is 44.1 Å². The minimum atomic E-state index is -0.182. The molecule has 5 heteroatoms. The van der Waals surface area contributed by atoms with Crippen molar-refractivity contribution >= 4 is 17.4 Å². The molecule has 2 aliphatic heterocycles. The van der Waals surface area contributed by atoms with Crippen LogP contribution < -0.4 is 10.1 Å². The average molecular weight is 274 g/mol. The summed E-state index contributed by atoms with van der Waals surface area (Å²) in [5.41, 5.74) is 1.21. The zero-order valence-corrected chi connectivity index (χ0v) is 11.4. The third kappa shape index (κ3) is 2.82. The summed E-state index contributed by atoms with van der Waals surface area (Å²) in [5.74, 6) is 0.534. The number of carbonyl (C=O) groups is 2. The molecule has 1 N–H and O–H groups in total. The van der Waals surface area contributed by atoms with Gasteiger partial charge in [0.25, 0.3) is 5.91 Å². The predicted molar refractivity (Wildman–Crippen MR) is 75.2 cm³/mol. The maximum Gasteiger partial charge on any atom is 0.262 e. The van der Waals surface area contributed by atoms with Gasteiger partial charge in [-0.1, -0.05) is 6.42 Å². The lowest BCUT2D eigenvalue weighted by atomic mass is 10.1. The summed E-state index contributed by atoms with van der Waals surface area (Å²) in [6, 6.07) is 5.22. The Morgan fingerprint density at radius 1 is 1.25 bits per heavy atom. The van der Waals surface area contributed by atoms with Gasteiger partial charge in [0.15, 0.2) is 12.4 Å². The van der Waals surface area contributed by atoms with E-state index in [1.165, 1.54) is 19.3 Å². The molecule has 20 heavy (non-hydrogen) atoms. The molecule has 2 heterocycles. The smallest absolute Gasteiger partial charge is 0.262 e. The summed E-state index contributed by atoms with van der Waals surface area (Å²) >= 11 is 0. The largest absolute Gasteiger partial charge is 0.482 e. The van der Waals surface area contributed by atoms with Gasteiger partial charge >= 0.3 is 0 Å². The summed E-state index contributed by atoms with van der Waals surface area (Å²) in [4.78, 5) is 25.8. The van der Waals surface area contributed by atoms with Crippen LogP contribution >= 0.6 is 0 Å². The number of benzene rings is 1. The molecule has 3 rings (SSSR count). The number of nitrogens with one attached hydrogen (secondary N) is 1. The van der Waals surface area contributed by atoms with E-state index in [4.69, 9.17) is 4.74 Å². The monoisotopic (exact) mass is 274 g/mol. The molecular weight excluding hydrogens is 256 g/mol. The molecule has 0 bridgehead atoms. The number of ketones is 1. The lowest BCUT2D eigenvalue weighted by Gasteiger charge is -2.25. The molecule has 1 amide bonds. The van der Waals surface area contributed by atoms with Gasteiger partial charge in [0.2, 0.25) is 0 Å². The summed E-state index contributed by atoms with van der Waals surface area (Å²) in [7, 11) is 0. The van der Waals surface area contributed by atoms with Crippen molar-refractivity contribution in [2.75, 3.05) is 31.6 Å². The van der Waals surface area contributed by atoms with Gasteiger partial charge < -0.3 is 10.1 Å². The molecule has 1 saturated heterocycles. The van der Waals surface area contributed by atoms with Gasteiger partial charge in [-0.15, -0.1) is 0 Å². The zero-order valence-electron chi connectivity index (χ0n) is 11.4. The second-order valence-corrected chi connectivity index (χ2v) is 5.31. The highest BCUT2D eigenvalue weighted by molar-refractivity contribution is 6.01. The third-order valence-electron chi connectivity index (χ3n) is 3.75. The number of ether oxygens (including phenoxy) is 1. The Bertz CT molecular complexity index is 536. The van der Waals surface area contributed by atoms with Crippen LogP contribution in [0.4, 0.5) is 5.69 Å². The van der Waals surface area contributed by atoms with E-state index < -0.39 is 0 Å². The lowest BCUT2D eigenvalue weighted by Crippen LogP contribution is -2.34. The second-order valence-electron chi connectivity index (χ2n) is 5.31. The maximum atomic E-state index is 12.3. The minimum Gasteiger partial charge on any atom is -0.482 e. The number of hydrogen-bond donors (Lipinski definition) is 1. The van der Waals surface area contributed by atoms with Gasteiger partial charge in [0, 0.05) is 5.56 Å². The Morgan fingerprint density at radius 3 is 2.85 bits per heavy atom. The summed E-state index contributed by atoms with van der Waals surface area (Å²) in [6.45, 7) is 2.48. The van der Waals surface area contributed by atoms with E-state index in [-0.39, 0.29) is 18.3 Å². The van der Waals surface area contributed by atoms with Gasteiger partial charge in [-0.2, -0.15) is 0 Å². The highest BCUT2D eigenvalue weighted by Gasteiger charge is 2.19. The second kappa shape index (κ2) is 5.63. The van der Waals surface area contributed by atoms with E-state index in [0.717, 1.165) is 13.1 Å². The first-order chi connectivity index (χ1) is 9.72. The number of nitrogens with zero attached hydrogens (tertiary/aromatic N) is 1. The van der Waals surface area contributed by atoms with Crippen molar-refractivity contribution in [2.24, 2.45) is 0 Å². The Kier molecular flexibility index (Phi) is 3.69. The normalized spacial score (nSPS) is 18.9. The van der Waals surface area contributed by atoms with Crippen LogP contribution in [0, 0.1) is 0 Å². The van der Waals surface area contributed by atoms with Crippen molar-refractivity contribution in [1.29, 1.82) is 0 Å². The number of fused-ring (bicyclic) bond motifs is 1. The van der Waals surface area contributed by atoms with Crippen LogP contribution in [-0.4, -0.2) is 42.8 Å². The quantitative estimate of drug-likeness (QED) is 0.852. The SMILES string of the molecule is O=C1COc2ccc(C(=O)CN3CCCCC3)cc2N1. The number of carbonyl (C=O) groups excluding carboxylic acids is 2. The summed E-state index contributed by atoms with van der Waals surface area (Å²) in [5, 5.41) is 2.73. The standard InChI is InChI=1S/C15H18N2O3/c18-13(9-17-6-2-1-3-7-17)11-4-5-14-12(8-11)16-15(19)10-20-14/h4-5,8H,1-3,6-7,9-10H2,(H,16,19). The number of Topliss-reactive ketones (excluding diaryl/α,β-unsaturated/α-hetero) is 1. The Hall–Kier alpha value is -1.88. The Labute approximate surface area is 117 Å². The molecule has 1 aromatic carbocycles. The van der Waals surface area contributed by atoms with E-state index in [9.17, 15) is 9.59 Å². The van der Waals surface area contributed by atoms with Crippen LogP contribution in [0.1, 0.15) is 29.6 Å². The van der Waals surface area contributed by atoms with Crippen LogP contribution in [0.3, 0.4) is 0 Å². The van der Waals surface area contributed by atoms with Crippen molar-refractivity contribution in [3.8, 4) is 5.75 Å². The van der Waals surface area contributed by atoms with Crippen molar-refractivity contribution in [2.45, 2.75) is 19.3 Å². The van der Waals surface area contributed by atoms with Gasteiger partial charge in [-0.25, -0.2) is 0 Å². The number of piperidine rings is 1. The third-order valence-corrected chi connectivity index (χ3v) is 3.75. The van der Waals surface area contributed by atoms with Crippen LogP contribution in [0.25, 0.3) is 0 Å². The summed E-state index contributed by atoms with van der Waals surface area (Å²) < 4.78 is 5.29. The molecule has 0 saturated carbocycles. The first-order valence-electron chi connectivity index (χ1n) is 7.04. The topological polar surface area (TPSA) is 58.6 Å². The highest BCUT2D eigenvalue weighted by atomic mass is 16.5. The van der Waals surface area contributed by atoms with Crippen LogP contribution in [0.15, 0.2) is 18.2 Å². The first kappa shape index (κ1) is 13.1. The predicted octanol–water partition coefficient (Wildman–Crippen LogP) is 1.69. The number of rotatable bonds is 3. The maximum absolute atomic E-state index is 12.3. The molecular formula is C15H18N2O3. The molecule has 1 fully saturated rings. The van der Waals surface area contributed by atoms with Crippen molar-refractivity contribution in [1.82, 2.24) is 4.90 Å². The van der Waals surface area contributed by atoms with Crippen LogP contribution in [-0.2, 0) is 4.79 Å². The van der Waals surface area contributed by atoms with Crippen molar-refractivity contribution in [3.05, 3.63) is 23.8 Å². The van der Waals surface area contributed by atoms with E-state index in [1.54, 1.807) is 18.2 Å². The van der Waals surface area contributed by atoms with Crippen LogP contribution in [0.5, 0.6) is 5.75 Å². The first-order valence-corrected chi connectivity index (χ1v) is 7.04. The van der Waals surface area contributed by atoms with Gasteiger partial charge in [0.05, 0.1) is 12.2 Å². The molecule has 1 aromatic rings. The molecule has 0 unspecified atom stereocenters. The Balaban J connectivity index is 1.71. The zero-order chi connectivity index (χ0) is 13.9. The lowest BCUT2D eigenvalue weighted by molar-refractivity contribution is -0.118. The molecule has 0 spiro atoms. The van der Waals surface area contributed by atoms with E-state index in [2.05, 4.69) is 10.2 Å². The van der Waals surface area contributed by atoms with Crippen LogP contribution in [0.2, 0.25) is 0 Å². The van der Waals surface area contributed by atoms with E-state index in [1.807, 2.05) is 0 Å². The minimum absolute atomic E-state index is 0.0358. The molecule has 106 valence electrons. The number of amides is 1. The fourth-order valence-electron chi connectivity index (χ4n) is 2.67. The molecule has 0 atom stereocenters. The van der Waals surface area contributed by atoms with Gasteiger partial charge in [0.1, 0.15) is 5.75 Å². The van der Waals surface area contributed by atoms with Gasteiger partial charge in [-0.3, -0.25) is 14.5 Å². The fraction of sp³-hybridized carbons (Fsp3) is 0.467. The van der Waals surface area contributed by atoms with E-state index in [0.29, 0.717) is 23.5 Å². The number of likely N-dealkylation sites (tertiary alicyclic amines) is 1. The molecule has 2 aliphatic rings. The molecule has 0 aliphatic carbocycles. The number of anilines is 1. The van der Waals surface area contributed by atoms with Crippen molar-refractivity contribution < 1.29 is 14.3 Å². The molecule has 0 aromatic heterocycles. The molecule has 5 nitrogen and oxygen atoms in total. The highest BCUT2D eigenvalue weighted by Crippen LogP contribution is 2.28. The van der Waals surface area contributed by atoms with Crippen molar-refractivity contribution in [3.63, 3.8) is 0 Å². The fourth-order valence-corrected chi connectivity index (χ4v) is 2.67. The molecule has 0 radical (unpaired) electrons. The average Bonchev–Trinajstić information content (AvgIpc) is 2.47. The number of hydrogen-bond acceptors (Lipinski definition) is 4. The Morgan fingerprint density at radius 2 is 2.05 bits per heavy atom.